The van der Waals surface area contributed by atoms with Crippen molar-refractivity contribution in [3.63, 3.8) is 0 Å². The summed E-state index contributed by atoms with van der Waals surface area (Å²) in [5.41, 5.74) is 0.942. The van der Waals surface area contributed by atoms with Crippen molar-refractivity contribution in [2.75, 3.05) is 19.8 Å². The van der Waals surface area contributed by atoms with E-state index in [1.54, 1.807) is 0 Å². The number of hydrogen-bond donors (Lipinski definition) is 1. The molecule has 0 fully saturated rings. The minimum Gasteiger partial charge on any atom is -0.380 e. The Labute approximate surface area is 101 Å². The zero-order valence-electron chi connectivity index (χ0n) is 8.72. The molecule has 0 heterocycles. The molecule has 1 aromatic carbocycles. The summed E-state index contributed by atoms with van der Waals surface area (Å²) < 4.78 is 5.20. The van der Waals surface area contributed by atoms with Crippen LogP contribution < -0.4 is 5.32 Å². The quantitative estimate of drug-likeness (QED) is 0.781. The Balaban J connectivity index is 2.37. The van der Waals surface area contributed by atoms with E-state index in [2.05, 4.69) is 5.32 Å². The van der Waals surface area contributed by atoms with Crippen molar-refractivity contribution >= 4 is 23.2 Å². The first-order valence-electron chi connectivity index (χ1n) is 4.97. The third-order valence-electron chi connectivity index (χ3n) is 1.99. The Bertz CT molecular complexity index is 284. The topological polar surface area (TPSA) is 21.3 Å². The molecule has 0 atom stereocenters. The van der Waals surface area contributed by atoms with Crippen LogP contribution in [0.5, 0.6) is 0 Å². The number of rotatable bonds is 6. The Hall–Kier alpha value is -0.280. The molecular weight excluding hydrogens is 233 g/mol. The second kappa shape index (κ2) is 7.07. The molecule has 0 amide bonds. The summed E-state index contributed by atoms with van der Waals surface area (Å²) in [4.78, 5) is 0. The molecule has 0 saturated carbocycles. The molecule has 1 N–H and O–H groups in total. The standard InChI is InChI=1S/C11H15Cl2NO/c1-2-15-7-6-14-8-9-10(12)4-3-5-11(9)13/h3-5,14H,2,6-8H2,1H3. The van der Waals surface area contributed by atoms with Gasteiger partial charge in [-0.05, 0) is 19.1 Å². The Morgan fingerprint density at radius 1 is 1.27 bits per heavy atom. The zero-order chi connectivity index (χ0) is 11.1. The average molecular weight is 248 g/mol. The average Bonchev–Trinajstić information content (AvgIpc) is 2.21. The van der Waals surface area contributed by atoms with Gasteiger partial charge in [-0.3, -0.25) is 0 Å². The summed E-state index contributed by atoms with van der Waals surface area (Å²) in [5, 5.41) is 4.63. The third-order valence-corrected chi connectivity index (χ3v) is 2.70. The van der Waals surface area contributed by atoms with Gasteiger partial charge in [-0.25, -0.2) is 0 Å². The molecule has 15 heavy (non-hydrogen) atoms. The predicted octanol–water partition coefficient (Wildman–Crippen LogP) is 3.12. The molecule has 0 saturated heterocycles. The van der Waals surface area contributed by atoms with E-state index in [0.29, 0.717) is 23.2 Å². The summed E-state index contributed by atoms with van der Waals surface area (Å²) >= 11 is 12.0. The van der Waals surface area contributed by atoms with Gasteiger partial charge in [0.15, 0.2) is 0 Å². The van der Waals surface area contributed by atoms with Crippen molar-refractivity contribution in [2.45, 2.75) is 13.5 Å². The molecular formula is C11H15Cl2NO. The first-order chi connectivity index (χ1) is 7.25. The molecule has 84 valence electrons. The first kappa shape index (κ1) is 12.8. The molecule has 0 radical (unpaired) electrons. The van der Waals surface area contributed by atoms with Crippen molar-refractivity contribution in [1.29, 1.82) is 0 Å². The van der Waals surface area contributed by atoms with Crippen LogP contribution in [0.3, 0.4) is 0 Å². The van der Waals surface area contributed by atoms with Gasteiger partial charge in [0.1, 0.15) is 0 Å². The maximum atomic E-state index is 6.01. The lowest BCUT2D eigenvalue weighted by Gasteiger charge is -2.08. The lowest BCUT2D eigenvalue weighted by atomic mass is 10.2. The second-order valence-electron chi connectivity index (χ2n) is 3.07. The molecule has 0 aliphatic heterocycles. The van der Waals surface area contributed by atoms with Gasteiger partial charge >= 0.3 is 0 Å². The Morgan fingerprint density at radius 2 is 1.93 bits per heavy atom. The monoisotopic (exact) mass is 247 g/mol. The fourth-order valence-corrected chi connectivity index (χ4v) is 1.73. The fraction of sp³-hybridized carbons (Fsp3) is 0.455. The number of halogens is 2. The van der Waals surface area contributed by atoms with Gasteiger partial charge in [0.2, 0.25) is 0 Å². The molecule has 0 aliphatic carbocycles. The number of benzene rings is 1. The van der Waals surface area contributed by atoms with E-state index < -0.39 is 0 Å². The van der Waals surface area contributed by atoms with Crippen molar-refractivity contribution < 1.29 is 4.74 Å². The Kier molecular flexibility index (Phi) is 6.03. The third kappa shape index (κ3) is 4.39. The van der Waals surface area contributed by atoms with Crippen LogP contribution in [0, 0.1) is 0 Å². The summed E-state index contributed by atoms with van der Waals surface area (Å²) in [6, 6.07) is 5.52. The number of nitrogens with one attached hydrogen (secondary N) is 1. The zero-order valence-corrected chi connectivity index (χ0v) is 10.2. The van der Waals surface area contributed by atoms with Crippen molar-refractivity contribution in [2.24, 2.45) is 0 Å². The van der Waals surface area contributed by atoms with E-state index in [4.69, 9.17) is 27.9 Å². The SMILES string of the molecule is CCOCCNCc1c(Cl)cccc1Cl. The van der Waals surface area contributed by atoms with E-state index in [9.17, 15) is 0 Å². The lowest BCUT2D eigenvalue weighted by Crippen LogP contribution is -2.19. The lowest BCUT2D eigenvalue weighted by molar-refractivity contribution is 0.149. The van der Waals surface area contributed by atoms with Crippen LogP contribution in [0.15, 0.2) is 18.2 Å². The molecule has 0 bridgehead atoms. The normalized spacial score (nSPS) is 10.6. The fourth-order valence-electron chi connectivity index (χ4n) is 1.20. The number of hydrogen-bond acceptors (Lipinski definition) is 2. The molecule has 0 unspecified atom stereocenters. The Morgan fingerprint density at radius 3 is 2.53 bits per heavy atom. The van der Waals surface area contributed by atoms with Crippen LogP contribution in [0.2, 0.25) is 10.0 Å². The smallest absolute Gasteiger partial charge is 0.0590 e. The van der Waals surface area contributed by atoms with Gasteiger partial charge in [-0.15, -0.1) is 0 Å². The van der Waals surface area contributed by atoms with E-state index >= 15 is 0 Å². The minimum atomic E-state index is 0.672. The summed E-state index contributed by atoms with van der Waals surface area (Å²) in [5.74, 6) is 0. The summed E-state index contributed by atoms with van der Waals surface area (Å²) in [6.07, 6.45) is 0. The van der Waals surface area contributed by atoms with Crippen LogP contribution in [-0.4, -0.2) is 19.8 Å². The maximum absolute atomic E-state index is 6.01. The van der Waals surface area contributed by atoms with Crippen LogP contribution in [-0.2, 0) is 11.3 Å². The summed E-state index contributed by atoms with van der Waals surface area (Å²) in [7, 11) is 0. The van der Waals surface area contributed by atoms with Gasteiger partial charge in [-0.2, -0.15) is 0 Å². The highest BCUT2D eigenvalue weighted by atomic mass is 35.5. The molecule has 0 aliphatic rings. The molecule has 0 spiro atoms. The van der Waals surface area contributed by atoms with Crippen LogP contribution in [0.1, 0.15) is 12.5 Å². The largest absolute Gasteiger partial charge is 0.380 e. The number of ether oxygens (including phenoxy) is 1. The van der Waals surface area contributed by atoms with E-state index in [1.807, 2.05) is 25.1 Å². The van der Waals surface area contributed by atoms with E-state index in [1.165, 1.54) is 0 Å². The molecule has 2 nitrogen and oxygen atoms in total. The van der Waals surface area contributed by atoms with Crippen molar-refractivity contribution in [3.05, 3.63) is 33.8 Å². The van der Waals surface area contributed by atoms with Crippen molar-refractivity contribution in [3.8, 4) is 0 Å². The second-order valence-corrected chi connectivity index (χ2v) is 3.89. The highest BCUT2D eigenvalue weighted by molar-refractivity contribution is 6.35. The van der Waals surface area contributed by atoms with Crippen molar-refractivity contribution in [1.82, 2.24) is 5.32 Å². The van der Waals surface area contributed by atoms with Crippen LogP contribution >= 0.6 is 23.2 Å². The molecule has 4 heteroatoms. The predicted molar refractivity (Wildman–Crippen MR) is 64.7 cm³/mol. The van der Waals surface area contributed by atoms with Crippen LogP contribution in [0.4, 0.5) is 0 Å². The molecule has 1 aromatic rings. The van der Waals surface area contributed by atoms with Gasteiger partial charge in [-0.1, -0.05) is 29.3 Å². The highest BCUT2D eigenvalue weighted by Gasteiger charge is 2.03. The first-order valence-corrected chi connectivity index (χ1v) is 5.72. The van der Waals surface area contributed by atoms with E-state index in [0.717, 1.165) is 18.7 Å². The van der Waals surface area contributed by atoms with E-state index in [-0.39, 0.29) is 0 Å². The molecule has 1 rings (SSSR count). The highest BCUT2D eigenvalue weighted by Crippen LogP contribution is 2.23. The minimum absolute atomic E-state index is 0.672. The van der Waals surface area contributed by atoms with Gasteiger partial charge in [0, 0.05) is 35.3 Å². The van der Waals surface area contributed by atoms with Gasteiger partial charge < -0.3 is 10.1 Å². The van der Waals surface area contributed by atoms with Gasteiger partial charge in [0.25, 0.3) is 0 Å². The molecule has 0 aromatic heterocycles. The summed E-state index contributed by atoms with van der Waals surface area (Å²) in [6.45, 7) is 4.90. The van der Waals surface area contributed by atoms with Crippen LogP contribution in [0.25, 0.3) is 0 Å². The van der Waals surface area contributed by atoms with Gasteiger partial charge in [0.05, 0.1) is 6.61 Å². The maximum Gasteiger partial charge on any atom is 0.0590 e.